The van der Waals surface area contributed by atoms with Gasteiger partial charge in [0.2, 0.25) is 15.9 Å². The Hall–Kier alpha value is -2.71. The molecule has 174 valence electrons. The zero-order valence-corrected chi connectivity index (χ0v) is 19.8. The number of sulfonamides is 1. The molecule has 3 aromatic rings. The SMILES string of the molecule is CCn1ncc2ccc(NC(=O)C3CCN(S(=O)(=O)c4ccc5c(c4)CCCC5)CC3)cc21. The number of aromatic nitrogens is 2. The highest BCUT2D eigenvalue weighted by Gasteiger charge is 2.32. The molecule has 5 rings (SSSR count). The highest BCUT2D eigenvalue weighted by molar-refractivity contribution is 7.89. The van der Waals surface area contributed by atoms with Gasteiger partial charge in [-0.05, 0) is 86.9 Å². The molecule has 1 aliphatic carbocycles. The summed E-state index contributed by atoms with van der Waals surface area (Å²) >= 11 is 0. The van der Waals surface area contributed by atoms with Crippen LogP contribution >= 0.6 is 0 Å². The fourth-order valence-corrected chi connectivity index (χ4v) is 6.54. The average molecular weight is 467 g/mol. The summed E-state index contributed by atoms with van der Waals surface area (Å²) in [4.78, 5) is 13.3. The van der Waals surface area contributed by atoms with Crippen molar-refractivity contribution in [3.05, 3.63) is 53.7 Å². The van der Waals surface area contributed by atoms with Crippen molar-refractivity contribution < 1.29 is 13.2 Å². The van der Waals surface area contributed by atoms with Crippen LogP contribution in [0.5, 0.6) is 0 Å². The van der Waals surface area contributed by atoms with Crippen LogP contribution in [-0.2, 0) is 34.2 Å². The zero-order chi connectivity index (χ0) is 23.0. The van der Waals surface area contributed by atoms with Crippen LogP contribution in [0.2, 0.25) is 0 Å². The molecule has 2 aromatic carbocycles. The molecule has 1 N–H and O–H groups in total. The van der Waals surface area contributed by atoms with Gasteiger partial charge in [0.25, 0.3) is 0 Å². The summed E-state index contributed by atoms with van der Waals surface area (Å²) in [5, 5.41) is 8.40. The van der Waals surface area contributed by atoms with Crippen LogP contribution in [0.1, 0.15) is 43.7 Å². The van der Waals surface area contributed by atoms with Crippen LogP contribution < -0.4 is 5.32 Å². The molecule has 7 nitrogen and oxygen atoms in total. The highest BCUT2D eigenvalue weighted by Crippen LogP contribution is 2.29. The minimum Gasteiger partial charge on any atom is -0.326 e. The first-order valence-electron chi connectivity index (χ1n) is 11.8. The second-order valence-electron chi connectivity index (χ2n) is 9.04. The van der Waals surface area contributed by atoms with Gasteiger partial charge >= 0.3 is 0 Å². The van der Waals surface area contributed by atoms with E-state index >= 15 is 0 Å². The van der Waals surface area contributed by atoms with Crippen molar-refractivity contribution in [2.45, 2.75) is 56.9 Å². The number of carbonyl (C=O) groups excluding carboxylic acids is 1. The van der Waals surface area contributed by atoms with E-state index in [4.69, 9.17) is 0 Å². The number of aryl methyl sites for hydroxylation is 3. The number of nitrogens with zero attached hydrogens (tertiary/aromatic N) is 3. The van der Waals surface area contributed by atoms with Gasteiger partial charge in [0.15, 0.2) is 0 Å². The maximum absolute atomic E-state index is 13.2. The van der Waals surface area contributed by atoms with Crippen LogP contribution in [0.25, 0.3) is 10.9 Å². The maximum Gasteiger partial charge on any atom is 0.243 e. The molecule has 0 atom stereocenters. The largest absolute Gasteiger partial charge is 0.326 e. The number of benzene rings is 2. The normalized spacial score (nSPS) is 17.7. The number of rotatable bonds is 5. The van der Waals surface area contributed by atoms with Crippen LogP contribution in [0.3, 0.4) is 0 Å². The van der Waals surface area contributed by atoms with E-state index in [2.05, 4.69) is 10.4 Å². The third-order valence-electron chi connectivity index (χ3n) is 6.99. The second kappa shape index (κ2) is 8.91. The van der Waals surface area contributed by atoms with Crippen LogP contribution in [-0.4, -0.2) is 41.5 Å². The Balaban J connectivity index is 1.23. The average Bonchev–Trinajstić information content (AvgIpc) is 3.26. The Bertz CT molecular complexity index is 1290. The quantitative estimate of drug-likeness (QED) is 0.617. The van der Waals surface area contributed by atoms with Crippen LogP contribution in [0.4, 0.5) is 5.69 Å². The van der Waals surface area contributed by atoms with E-state index in [0.717, 1.165) is 48.0 Å². The molecule has 0 unspecified atom stereocenters. The van der Waals surface area contributed by atoms with Crippen molar-refractivity contribution in [1.29, 1.82) is 0 Å². The Morgan fingerprint density at radius 3 is 2.58 bits per heavy atom. The van der Waals surface area contributed by atoms with E-state index in [0.29, 0.717) is 30.8 Å². The van der Waals surface area contributed by atoms with Gasteiger partial charge in [0, 0.05) is 36.6 Å². The molecule has 0 spiro atoms. The number of hydrogen-bond acceptors (Lipinski definition) is 4. The van der Waals surface area contributed by atoms with Gasteiger partial charge in [-0.3, -0.25) is 9.48 Å². The third kappa shape index (κ3) is 4.29. The first-order valence-corrected chi connectivity index (χ1v) is 13.3. The summed E-state index contributed by atoms with van der Waals surface area (Å²) < 4.78 is 29.9. The van der Waals surface area contributed by atoms with E-state index in [1.165, 1.54) is 16.3 Å². The molecule has 33 heavy (non-hydrogen) atoms. The second-order valence-corrected chi connectivity index (χ2v) is 11.0. The lowest BCUT2D eigenvalue weighted by Gasteiger charge is -2.31. The molecule has 2 aliphatic rings. The molecule has 1 aromatic heterocycles. The molecule has 0 bridgehead atoms. The predicted molar refractivity (Wildman–Crippen MR) is 129 cm³/mol. The monoisotopic (exact) mass is 466 g/mol. The fraction of sp³-hybridized carbons (Fsp3) is 0.440. The molecular weight excluding hydrogens is 436 g/mol. The summed E-state index contributed by atoms with van der Waals surface area (Å²) in [7, 11) is -3.54. The van der Waals surface area contributed by atoms with Gasteiger partial charge < -0.3 is 5.32 Å². The minimum atomic E-state index is -3.54. The zero-order valence-electron chi connectivity index (χ0n) is 19.0. The van der Waals surface area contributed by atoms with Crippen molar-refractivity contribution in [2.24, 2.45) is 5.92 Å². The number of fused-ring (bicyclic) bond motifs is 2. The summed E-state index contributed by atoms with van der Waals surface area (Å²) in [5.41, 5.74) is 4.17. The molecule has 1 aliphatic heterocycles. The highest BCUT2D eigenvalue weighted by atomic mass is 32.2. The van der Waals surface area contributed by atoms with Gasteiger partial charge in [-0.15, -0.1) is 0 Å². The molecule has 1 amide bonds. The number of carbonyl (C=O) groups is 1. The topological polar surface area (TPSA) is 84.3 Å². The number of hydrogen-bond donors (Lipinski definition) is 1. The van der Waals surface area contributed by atoms with E-state index in [1.807, 2.05) is 48.1 Å². The van der Waals surface area contributed by atoms with E-state index in [1.54, 1.807) is 6.07 Å². The lowest BCUT2D eigenvalue weighted by Crippen LogP contribution is -2.41. The maximum atomic E-state index is 13.2. The third-order valence-corrected chi connectivity index (χ3v) is 8.89. The minimum absolute atomic E-state index is 0.0530. The van der Waals surface area contributed by atoms with Gasteiger partial charge in [0.05, 0.1) is 16.6 Å². The lowest BCUT2D eigenvalue weighted by molar-refractivity contribution is -0.120. The molecule has 1 saturated heterocycles. The van der Waals surface area contributed by atoms with Gasteiger partial charge in [0.1, 0.15) is 0 Å². The van der Waals surface area contributed by atoms with Crippen molar-refractivity contribution in [2.75, 3.05) is 18.4 Å². The van der Waals surface area contributed by atoms with Gasteiger partial charge in [-0.25, -0.2) is 8.42 Å². The smallest absolute Gasteiger partial charge is 0.243 e. The summed E-state index contributed by atoms with van der Waals surface area (Å²) in [6.45, 7) is 3.51. The standard InChI is InChI=1S/C25H30N4O3S/c1-2-29-24-16-22(9-7-21(24)17-26-29)27-25(30)19-11-13-28(14-12-19)33(31,32)23-10-8-18-5-3-4-6-20(18)15-23/h7-10,15-17,19H,2-6,11-14H2,1H3,(H,27,30). The summed E-state index contributed by atoms with van der Waals surface area (Å²) in [6.07, 6.45) is 7.13. The van der Waals surface area contributed by atoms with Crippen molar-refractivity contribution in [3.63, 3.8) is 0 Å². The first-order chi connectivity index (χ1) is 16.0. The predicted octanol–water partition coefficient (Wildman–Crippen LogP) is 3.97. The number of amides is 1. The first kappa shape index (κ1) is 22.1. The van der Waals surface area contributed by atoms with Gasteiger partial charge in [-0.2, -0.15) is 9.40 Å². The fourth-order valence-electron chi connectivity index (χ4n) is 5.02. The molecule has 0 radical (unpaired) electrons. The number of anilines is 1. The molecular formula is C25H30N4O3S. The lowest BCUT2D eigenvalue weighted by atomic mass is 9.92. The summed E-state index contributed by atoms with van der Waals surface area (Å²) in [5.74, 6) is -0.255. The van der Waals surface area contributed by atoms with Crippen molar-refractivity contribution in [3.8, 4) is 0 Å². The molecule has 0 saturated carbocycles. The summed E-state index contributed by atoms with van der Waals surface area (Å²) in [6, 6.07) is 11.4. The van der Waals surface area contributed by atoms with E-state index in [9.17, 15) is 13.2 Å². The Labute approximate surface area is 194 Å². The Morgan fingerprint density at radius 1 is 1.06 bits per heavy atom. The van der Waals surface area contributed by atoms with Crippen molar-refractivity contribution in [1.82, 2.24) is 14.1 Å². The van der Waals surface area contributed by atoms with Gasteiger partial charge in [-0.1, -0.05) is 6.07 Å². The van der Waals surface area contributed by atoms with E-state index in [-0.39, 0.29) is 11.8 Å². The Morgan fingerprint density at radius 2 is 1.82 bits per heavy atom. The molecule has 1 fully saturated rings. The molecule has 2 heterocycles. The number of piperidine rings is 1. The van der Waals surface area contributed by atoms with Crippen molar-refractivity contribution >= 4 is 32.5 Å². The van der Waals surface area contributed by atoms with Crippen LogP contribution in [0.15, 0.2) is 47.5 Å². The van der Waals surface area contributed by atoms with Crippen LogP contribution in [0, 0.1) is 5.92 Å². The number of nitrogens with one attached hydrogen (secondary N) is 1. The Kier molecular flexibility index (Phi) is 5.97. The van der Waals surface area contributed by atoms with E-state index < -0.39 is 10.0 Å². The molecule has 8 heteroatoms.